The Morgan fingerprint density at radius 2 is 1.95 bits per heavy atom. The summed E-state index contributed by atoms with van der Waals surface area (Å²) in [5.74, 6) is 0.863. The Morgan fingerprint density at radius 1 is 1.18 bits per heavy atom. The van der Waals surface area contributed by atoms with Gasteiger partial charge in [-0.3, -0.25) is 0 Å². The van der Waals surface area contributed by atoms with Crippen LogP contribution in [0.25, 0.3) is 0 Å². The van der Waals surface area contributed by atoms with E-state index >= 15 is 0 Å². The molecule has 6 heteroatoms. The number of nitrogens with one attached hydrogen (secondary N) is 2. The van der Waals surface area contributed by atoms with Gasteiger partial charge in [-0.25, -0.2) is 9.98 Å². The highest BCUT2D eigenvalue weighted by Crippen LogP contribution is 2.17. The summed E-state index contributed by atoms with van der Waals surface area (Å²) in [7, 11) is 0. The summed E-state index contributed by atoms with van der Waals surface area (Å²) < 4.78 is 5.56. The van der Waals surface area contributed by atoms with Gasteiger partial charge in [-0.2, -0.15) is 0 Å². The number of aliphatic imine (C=N–C) groups is 1. The van der Waals surface area contributed by atoms with Gasteiger partial charge in [0.2, 0.25) is 0 Å². The molecular weight excluding hydrogens is 296 g/mol. The van der Waals surface area contributed by atoms with Crippen LogP contribution < -0.4 is 10.6 Å². The minimum absolute atomic E-state index is 0.680. The molecule has 0 aromatic carbocycles. The molecule has 22 heavy (non-hydrogen) atoms. The third-order valence-electron chi connectivity index (χ3n) is 3.12. The van der Waals surface area contributed by atoms with Gasteiger partial charge in [-0.05, 0) is 33.6 Å². The van der Waals surface area contributed by atoms with Gasteiger partial charge in [-0.1, -0.05) is 13.3 Å². The molecule has 0 spiro atoms. The maximum absolute atomic E-state index is 5.56. The highest BCUT2D eigenvalue weighted by Gasteiger charge is 2.04. The highest BCUT2D eigenvalue weighted by atomic mass is 32.1. The summed E-state index contributed by atoms with van der Waals surface area (Å²) in [6.45, 7) is 12.4. The molecule has 126 valence electrons. The van der Waals surface area contributed by atoms with E-state index in [1.54, 1.807) is 11.3 Å². The zero-order valence-electron chi connectivity index (χ0n) is 14.4. The highest BCUT2D eigenvalue weighted by molar-refractivity contribution is 7.11. The van der Waals surface area contributed by atoms with E-state index in [2.05, 4.69) is 34.5 Å². The van der Waals surface area contributed by atoms with Crippen LogP contribution in [-0.4, -0.2) is 37.2 Å². The van der Waals surface area contributed by atoms with Crippen LogP contribution in [0, 0.1) is 13.8 Å². The lowest BCUT2D eigenvalue weighted by molar-refractivity contribution is 0.129. The van der Waals surface area contributed by atoms with Crippen molar-refractivity contribution in [2.24, 2.45) is 4.99 Å². The predicted molar refractivity (Wildman–Crippen MR) is 94.8 cm³/mol. The third kappa shape index (κ3) is 7.75. The first-order valence-corrected chi connectivity index (χ1v) is 9.01. The van der Waals surface area contributed by atoms with Crippen LogP contribution in [0.2, 0.25) is 0 Å². The molecule has 0 aliphatic rings. The van der Waals surface area contributed by atoms with Gasteiger partial charge in [0.15, 0.2) is 5.96 Å². The fourth-order valence-corrected chi connectivity index (χ4v) is 2.80. The van der Waals surface area contributed by atoms with E-state index in [4.69, 9.17) is 4.74 Å². The van der Waals surface area contributed by atoms with Gasteiger partial charge < -0.3 is 15.4 Å². The Balaban J connectivity index is 2.31. The number of ether oxygens (including phenoxy) is 1. The Bertz CT molecular complexity index is 445. The fraction of sp³-hybridized carbons (Fsp3) is 0.750. The maximum Gasteiger partial charge on any atom is 0.191 e. The molecule has 0 radical (unpaired) electrons. The molecule has 0 saturated carbocycles. The quantitative estimate of drug-likeness (QED) is 0.394. The molecule has 0 saturated heterocycles. The van der Waals surface area contributed by atoms with Gasteiger partial charge in [0, 0.05) is 31.2 Å². The number of guanidine groups is 1. The Labute approximate surface area is 138 Å². The monoisotopic (exact) mass is 326 g/mol. The Morgan fingerprint density at radius 3 is 2.59 bits per heavy atom. The second kappa shape index (κ2) is 11.4. The summed E-state index contributed by atoms with van der Waals surface area (Å²) in [5, 5.41) is 7.73. The normalized spacial score (nSPS) is 11.7. The Kier molecular flexibility index (Phi) is 9.82. The summed E-state index contributed by atoms with van der Waals surface area (Å²) in [6, 6.07) is 0. The molecule has 1 aromatic rings. The standard InChI is InChI=1S/C16H30N4OS/c1-5-7-10-21-11-8-9-18-16(17-6-2)19-12-15-13(3)20-14(4)22-15/h5-12H2,1-4H3,(H2,17,18,19). The molecule has 0 fully saturated rings. The first kappa shape index (κ1) is 18.9. The second-order valence-corrected chi connectivity index (χ2v) is 6.47. The van der Waals surface area contributed by atoms with Crippen LogP contribution in [0.5, 0.6) is 0 Å². The first-order valence-electron chi connectivity index (χ1n) is 8.20. The minimum Gasteiger partial charge on any atom is -0.381 e. The van der Waals surface area contributed by atoms with E-state index < -0.39 is 0 Å². The average Bonchev–Trinajstić information content (AvgIpc) is 2.81. The first-order chi connectivity index (χ1) is 10.7. The smallest absolute Gasteiger partial charge is 0.191 e. The summed E-state index contributed by atoms with van der Waals surface area (Å²) >= 11 is 1.72. The molecular formula is C16H30N4OS. The van der Waals surface area contributed by atoms with Crippen LogP contribution >= 0.6 is 11.3 Å². The number of nitrogens with zero attached hydrogens (tertiary/aromatic N) is 2. The number of rotatable bonds is 10. The SMILES string of the molecule is CCCCOCCCNC(=NCc1sc(C)nc1C)NCC. The summed E-state index contributed by atoms with van der Waals surface area (Å²) in [6.07, 6.45) is 3.32. The zero-order chi connectivity index (χ0) is 16.2. The number of aromatic nitrogens is 1. The van der Waals surface area contributed by atoms with Crippen molar-refractivity contribution in [2.45, 2.75) is 53.5 Å². The van der Waals surface area contributed by atoms with Gasteiger partial charge >= 0.3 is 0 Å². The fourth-order valence-electron chi connectivity index (χ4n) is 1.94. The van der Waals surface area contributed by atoms with Crippen molar-refractivity contribution in [3.63, 3.8) is 0 Å². The Hall–Kier alpha value is -1.14. The number of unbranched alkanes of at least 4 members (excludes halogenated alkanes) is 1. The van der Waals surface area contributed by atoms with E-state index in [-0.39, 0.29) is 0 Å². The maximum atomic E-state index is 5.56. The molecule has 0 amide bonds. The summed E-state index contributed by atoms with van der Waals surface area (Å²) in [5.41, 5.74) is 1.09. The van der Waals surface area contributed by atoms with E-state index in [9.17, 15) is 0 Å². The van der Waals surface area contributed by atoms with E-state index in [1.807, 2.05) is 13.8 Å². The lowest BCUT2D eigenvalue weighted by Crippen LogP contribution is -2.38. The third-order valence-corrected chi connectivity index (χ3v) is 4.18. The topological polar surface area (TPSA) is 58.5 Å². The van der Waals surface area contributed by atoms with Crippen LogP contribution in [-0.2, 0) is 11.3 Å². The van der Waals surface area contributed by atoms with Crippen molar-refractivity contribution in [3.05, 3.63) is 15.6 Å². The lowest BCUT2D eigenvalue weighted by Gasteiger charge is -2.11. The minimum atomic E-state index is 0.680. The molecule has 0 aliphatic carbocycles. The van der Waals surface area contributed by atoms with Gasteiger partial charge in [0.05, 0.1) is 17.2 Å². The van der Waals surface area contributed by atoms with Crippen LogP contribution in [0.15, 0.2) is 4.99 Å². The second-order valence-electron chi connectivity index (χ2n) is 5.18. The molecule has 1 rings (SSSR count). The van der Waals surface area contributed by atoms with E-state index in [0.29, 0.717) is 6.54 Å². The average molecular weight is 327 g/mol. The molecule has 0 aliphatic heterocycles. The molecule has 2 N–H and O–H groups in total. The predicted octanol–water partition coefficient (Wildman–Crippen LogP) is 3.02. The van der Waals surface area contributed by atoms with Crippen molar-refractivity contribution in [1.29, 1.82) is 0 Å². The molecule has 5 nitrogen and oxygen atoms in total. The molecule has 1 aromatic heterocycles. The van der Waals surface area contributed by atoms with Crippen molar-refractivity contribution in [2.75, 3.05) is 26.3 Å². The van der Waals surface area contributed by atoms with Gasteiger partial charge in [0.25, 0.3) is 0 Å². The number of hydrogen-bond acceptors (Lipinski definition) is 4. The van der Waals surface area contributed by atoms with Crippen molar-refractivity contribution < 1.29 is 4.74 Å². The van der Waals surface area contributed by atoms with Crippen molar-refractivity contribution in [1.82, 2.24) is 15.6 Å². The van der Waals surface area contributed by atoms with Gasteiger partial charge in [0.1, 0.15) is 0 Å². The van der Waals surface area contributed by atoms with Crippen LogP contribution in [0.1, 0.15) is 48.7 Å². The molecule has 0 atom stereocenters. The molecule has 0 unspecified atom stereocenters. The van der Waals surface area contributed by atoms with Crippen LogP contribution in [0.3, 0.4) is 0 Å². The summed E-state index contributed by atoms with van der Waals surface area (Å²) in [4.78, 5) is 10.3. The number of aryl methyl sites for hydroxylation is 2. The van der Waals surface area contributed by atoms with Crippen LogP contribution in [0.4, 0.5) is 0 Å². The van der Waals surface area contributed by atoms with Crippen molar-refractivity contribution >= 4 is 17.3 Å². The van der Waals surface area contributed by atoms with E-state index in [0.717, 1.165) is 55.8 Å². The van der Waals surface area contributed by atoms with Crippen molar-refractivity contribution in [3.8, 4) is 0 Å². The van der Waals surface area contributed by atoms with Gasteiger partial charge in [-0.15, -0.1) is 11.3 Å². The zero-order valence-corrected chi connectivity index (χ0v) is 15.2. The molecule has 0 bridgehead atoms. The largest absolute Gasteiger partial charge is 0.381 e. The molecule has 1 heterocycles. The lowest BCUT2D eigenvalue weighted by atomic mass is 10.4. The van der Waals surface area contributed by atoms with E-state index in [1.165, 1.54) is 11.3 Å². The number of thiazole rings is 1. The number of hydrogen-bond donors (Lipinski definition) is 2.